The van der Waals surface area contributed by atoms with E-state index in [0.717, 1.165) is 5.41 Å². The lowest BCUT2D eigenvalue weighted by molar-refractivity contribution is 0.609. The van der Waals surface area contributed by atoms with E-state index < -0.39 is 9.84 Å². The molecule has 0 aromatic carbocycles. The predicted molar refractivity (Wildman–Crippen MR) is 50.0 cm³/mol. The van der Waals surface area contributed by atoms with Gasteiger partial charge in [-0.05, 0) is 0 Å². The van der Waals surface area contributed by atoms with Crippen molar-refractivity contribution in [1.82, 2.24) is 0 Å². The van der Waals surface area contributed by atoms with Gasteiger partial charge in [-0.1, -0.05) is 31.9 Å². The lowest BCUT2D eigenvalue weighted by Gasteiger charge is -1.91. The van der Waals surface area contributed by atoms with Crippen LogP contribution in [-0.2, 0) is 9.84 Å². The molecule has 0 fully saturated rings. The van der Waals surface area contributed by atoms with Crippen LogP contribution in [-0.4, -0.2) is 13.1 Å². The van der Waals surface area contributed by atoms with Gasteiger partial charge in [-0.2, -0.15) is 5.26 Å². The van der Waals surface area contributed by atoms with Gasteiger partial charge in [0, 0.05) is 9.89 Å². The molecule has 0 aliphatic carbocycles. The maximum absolute atomic E-state index is 10.8. The van der Waals surface area contributed by atoms with Crippen LogP contribution < -0.4 is 0 Å². The number of sulfone groups is 1. The summed E-state index contributed by atoms with van der Waals surface area (Å²) < 4.78 is 21.9. The predicted octanol–water partition coefficient (Wildman–Crippen LogP) is 1.90. The molecule has 0 saturated carbocycles. The zero-order chi connectivity index (χ0) is 8.91. The molecule has 3 nitrogen and oxygen atoms in total. The van der Waals surface area contributed by atoms with Crippen molar-refractivity contribution < 1.29 is 8.42 Å². The monoisotopic (exact) mass is 301 g/mol. The van der Waals surface area contributed by atoms with E-state index in [1.165, 1.54) is 0 Å². The van der Waals surface area contributed by atoms with E-state index in [2.05, 4.69) is 31.9 Å². The van der Waals surface area contributed by atoms with Gasteiger partial charge in [0.05, 0.1) is 12.5 Å². The topological polar surface area (TPSA) is 57.9 Å². The number of halogens is 2. The number of hydrogen-bond donors (Lipinski definition) is 0. The van der Waals surface area contributed by atoms with Crippen LogP contribution in [0.3, 0.4) is 0 Å². The van der Waals surface area contributed by atoms with Gasteiger partial charge in [0.2, 0.25) is 0 Å². The van der Waals surface area contributed by atoms with Crippen molar-refractivity contribution in [2.75, 3.05) is 4.66 Å². The van der Waals surface area contributed by atoms with Crippen molar-refractivity contribution in [1.29, 1.82) is 5.26 Å². The highest BCUT2D eigenvalue weighted by Crippen LogP contribution is 2.12. The molecule has 0 unspecified atom stereocenters. The van der Waals surface area contributed by atoms with Gasteiger partial charge in [0.1, 0.15) is 4.66 Å². The Morgan fingerprint density at radius 3 is 2.55 bits per heavy atom. The van der Waals surface area contributed by atoms with Crippen LogP contribution >= 0.6 is 31.9 Å². The van der Waals surface area contributed by atoms with E-state index in [1.807, 2.05) is 6.07 Å². The summed E-state index contributed by atoms with van der Waals surface area (Å²) in [6.45, 7) is 0. The average Bonchev–Trinajstić information content (AvgIpc) is 1.87. The molecule has 0 bridgehead atoms. The highest BCUT2D eigenvalue weighted by Gasteiger charge is 2.04. The summed E-state index contributed by atoms with van der Waals surface area (Å²) in [4.78, 5) is 0. The van der Waals surface area contributed by atoms with Gasteiger partial charge in [0.15, 0.2) is 9.84 Å². The van der Waals surface area contributed by atoms with E-state index in [-0.39, 0.29) is 11.1 Å². The van der Waals surface area contributed by atoms with E-state index in [1.54, 1.807) is 0 Å². The second-order valence-corrected chi connectivity index (χ2v) is 5.84. The normalized spacial score (nSPS) is 12.6. The standard InChI is InChI=1S/C5H5Br2NO2S/c6-4-11(9,10)3-5(7)1-2-8/h3H,1,4H2. The van der Waals surface area contributed by atoms with Crippen molar-refractivity contribution in [3.05, 3.63) is 9.89 Å². The van der Waals surface area contributed by atoms with Crippen LogP contribution in [0.25, 0.3) is 0 Å². The molecule has 0 N–H and O–H groups in total. The van der Waals surface area contributed by atoms with Crippen molar-refractivity contribution in [2.45, 2.75) is 6.42 Å². The van der Waals surface area contributed by atoms with Gasteiger partial charge in [-0.3, -0.25) is 0 Å². The Hall–Kier alpha value is 0.140. The Kier molecular flexibility index (Phi) is 4.97. The van der Waals surface area contributed by atoms with E-state index in [9.17, 15) is 8.42 Å². The van der Waals surface area contributed by atoms with Crippen LogP contribution in [0.15, 0.2) is 9.89 Å². The zero-order valence-electron chi connectivity index (χ0n) is 5.42. The first-order chi connectivity index (χ1) is 5.02. The highest BCUT2D eigenvalue weighted by atomic mass is 79.9. The maximum atomic E-state index is 10.8. The van der Waals surface area contributed by atoms with Gasteiger partial charge >= 0.3 is 0 Å². The second-order valence-electron chi connectivity index (χ2n) is 1.67. The molecule has 0 aromatic rings. The Morgan fingerprint density at radius 2 is 2.18 bits per heavy atom. The quantitative estimate of drug-likeness (QED) is 0.748. The van der Waals surface area contributed by atoms with Gasteiger partial charge in [-0.25, -0.2) is 8.42 Å². The Bertz CT molecular complexity index is 288. The Labute approximate surface area is 82.3 Å². The fraction of sp³-hybridized carbons (Fsp3) is 0.400. The first-order valence-corrected chi connectivity index (χ1v) is 6.16. The molecule has 0 aliphatic rings. The van der Waals surface area contributed by atoms with Gasteiger partial charge in [-0.15, -0.1) is 0 Å². The molecule has 0 amide bonds. The molecule has 0 heterocycles. The smallest absolute Gasteiger partial charge is 0.182 e. The molecule has 0 aromatic heterocycles. The Morgan fingerprint density at radius 1 is 1.64 bits per heavy atom. The number of hydrogen-bond acceptors (Lipinski definition) is 3. The van der Waals surface area contributed by atoms with E-state index >= 15 is 0 Å². The van der Waals surface area contributed by atoms with Crippen molar-refractivity contribution >= 4 is 41.7 Å². The first-order valence-electron chi connectivity index (χ1n) is 2.53. The van der Waals surface area contributed by atoms with Gasteiger partial charge < -0.3 is 0 Å². The number of nitriles is 1. The van der Waals surface area contributed by atoms with Crippen LogP contribution in [0, 0.1) is 11.3 Å². The fourth-order valence-corrected chi connectivity index (χ4v) is 2.26. The largest absolute Gasteiger partial charge is 0.223 e. The number of allylic oxidation sites excluding steroid dienone is 1. The molecular weight excluding hydrogens is 298 g/mol. The lowest BCUT2D eigenvalue weighted by Crippen LogP contribution is -1.95. The van der Waals surface area contributed by atoms with E-state index in [0.29, 0.717) is 4.48 Å². The summed E-state index contributed by atoms with van der Waals surface area (Å²) >= 11 is 5.77. The summed E-state index contributed by atoms with van der Waals surface area (Å²) in [6, 6.07) is 1.82. The van der Waals surface area contributed by atoms with Crippen LogP contribution in [0.5, 0.6) is 0 Å². The number of nitrogens with zero attached hydrogens (tertiary/aromatic N) is 1. The molecule has 6 heteroatoms. The van der Waals surface area contributed by atoms with Gasteiger partial charge in [0.25, 0.3) is 0 Å². The molecule has 0 atom stereocenters. The molecule has 62 valence electrons. The third-order valence-corrected chi connectivity index (χ3v) is 4.38. The number of alkyl halides is 1. The molecule has 0 aliphatic heterocycles. The maximum Gasteiger partial charge on any atom is 0.182 e. The molecule has 0 rings (SSSR count). The SMILES string of the molecule is N#CCC(Br)=CS(=O)(=O)CBr. The van der Waals surface area contributed by atoms with Crippen molar-refractivity contribution in [3.8, 4) is 6.07 Å². The summed E-state index contributed by atoms with van der Waals surface area (Å²) in [5.41, 5.74) is 0. The molecular formula is C5H5Br2NO2S. The summed E-state index contributed by atoms with van der Waals surface area (Å²) in [5.74, 6) is 0. The molecule has 0 saturated heterocycles. The average molecular weight is 303 g/mol. The molecule has 0 radical (unpaired) electrons. The third-order valence-electron chi connectivity index (χ3n) is 0.707. The summed E-state index contributed by atoms with van der Waals surface area (Å²) in [7, 11) is -3.18. The minimum Gasteiger partial charge on any atom is -0.223 e. The minimum atomic E-state index is -3.18. The highest BCUT2D eigenvalue weighted by molar-refractivity contribution is 9.12. The lowest BCUT2D eigenvalue weighted by atomic mass is 10.5. The third kappa shape index (κ3) is 5.41. The van der Waals surface area contributed by atoms with Crippen molar-refractivity contribution in [3.63, 3.8) is 0 Å². The van der Waals surface area contributed by atoms with Crippen LogP contribution in [0.4, 0.5) is 0 Å². The summed E-state index contributed by atoms with van der Waals surface area (Å²) in [5, 5.41) is 9.21. The minimum absolute atomic E-state index is 0.0756. The second kappa shape index (κ2) is 4.91. The van der Waals surface area contributed by atoms with Crippen LogP contribution in [0.1, 0.15) is 6.42 Å². The van der Waals surface area contributed by atoms with E-state index in [4.69, 9.17) is 5.26 Å². The van der Waals surface area contributed by atoms with Crippen molar-refractivity contribution in [2.24, 2.45) is 0 Å². The summed E-state index contributed by atoms with van der Waals surface area (Å²) in [6.07, 6.45) is 0.0756. The first kappa shape index (κ1) is 11.1. The molecule has 0 spiro atoms. The zero-order valence-corrected chi connectivity index (χ0v) is 9.41. The van der Waals surface area contributed by atoms with Crippen LogP contribution in [0.2, 0.25) is 0 Å². The Balaban J connectivity index is 4.46. The molecule has 11 heavy (non-hydrogen) atoms. The fourth-order valence-electron chi connectivity index (χ4n) is 0.344. The number of rotatable bonds is 3.